The molecule has 18 heavy (non-hydrogen) atoms. The lowest BCUT2D eigenvalue weighted by atomic mass is 10.2. The first-order valence-electron chi connectivity index (χ1n) is 5.82. The summed E-state index contributed by atoms with van der Waals surface area (Å²) in [5.74, 6) is -0.142. The van der Waals surface area contributed by atoms with Crippen molar-refractivity contribution in [3.8, 4) is 11.5 Å². The van der Waals surface area contributed by atoms with Crippen molar-refractivity contribution in [3.63, 3.8) is 0 Å². The summed E-state index contributed by atoms with van der Waals surface area (Å²) in [5, 5.41) is 9.73. The Morgan fingerprint density at radius 1 is 1.39 bits per heavy atom. The number of nitrogens with zero attached hydrogens (tertiary/aromatic N) is 1. The zero-order chi connectivity index (χ0) is 13.5. The van der Waals surface area contributed by atoms with Crippen LogP contribution >= 0.6 is 0 Å². The molecule has 0 radical (unpaired) electrons. The molecule has 0 bridgehead atoms. The van der Waals surface area contributed by atoms with Gasteiger partial charge in [0.25, 0.3) is 0 Å². The third-order valence-electron chi connectivity index (χ3n) is 2.27. The van der Waals surface area contributed by atoms with Gasteiger partial charge in [-0.2, -0.15) is 0 Å². The van der Waals surface area contributed by atoms with Crippen molar-refractivity contribution < 1.29 is 19.4 Å². The summed E-state index contributed by atoms with van der Waals surface area (Å²) in [6.07, 6.45) is 0. The van der Waals surface area contributed by atoms with Crippen LogP contribution in [0.5, 0.6) is 11.5 Å². The van der Waals surface area contributed by atoms with Crippen LogP contribution in [0.3, 0.4) is 0 Å². The van der Waals surface area contributed by atoms with Gasteiger partial charge in [0.15, 0.2) is 11.5 Å². The molecule has 0 atom stereocenters. The largest absolute Gasteiger partial charge is 0.504 e. The number of likely N-dealkylation sites (N-methyl/N-ethyl adjacent to an activating group) is 1. The summed E-state index contributed by atoms with van der Waals surface area (Å²) >= 11 is 0. The smallest absolute Gasteiger partial charge is 0.338 e. The van der Waals surface area contributed by atoms with Crippen LogP contribution in [0.25, 0.3) is 0 Å². The highest BCUT2D eigenvalue weighted by atomic mass is 16.5. The van der Waals surface area contributed by atoms with Crippen molar-refractivity contribution in [2.75, 3.05) is 33.9 Å². The van der Waals surface area contributed by atoms with E-state index >= 15 is 0 Å². The van der Waals surface area contributed by atoms with Gasteiger partial charge < -0.3 is 19.5 Å². The lowest BCUT2D eigenvalue weighted by molar-refractivity contribution is 0.0526. The highest BCUT2D eigenvalue weighted by Gasteiger charge is 2.10. The monoisotopic (exact) mass is 253 g/mol. The van der Waals surface area contributed by atoms with Crippen LogP contribution in [0.15, 0.2) is 18.2 Å². The first-order valence-corrected chi connectivity index (χ1v) is 5.82. The summed E-state index contributed by atoms with van der Waals surface area (Å²) in [6.45, 7) is 3.26. The number of carbonyl (C=O) groups excluding carboxylic acids is 1. The van der Waals surface area contributed by atoms with Crippen LogP contribution in [-0.2, 0) is 4.74 Å². The van der Waals surface area contributed by atoms with Gasteiger partial charge in [-0.15, -0.1) is 0 Å². The lowest BCUT2D eigenvalue weighted by Gasteiger charge is -2.12. The quantitative estimate of drug-likeness (QED) is 0.779. The molecule has 1 aromatic carbocycles. The van der Waals surface area contributed by atoms with Gasteiger partial charge in [0.05, 0.1) is 12.2 Å². The van der Waals surface area contributed by atoms with Gasteiger partial charge in [0.2, 0.25) is 0 Å². The Bertz CT molecular complexity index is 404. The fraction of sp³-hybridized carbons (Fsp3) is 0.462. The molecule has 0 fully saturated rings. The summed E-state index contributed by atoms with van der Waals surface area (Å²) in [4.78, 5) is 13.4. The summed E-state index contributed by atoms with van der Waals surface area (Å²) < 4.78 is 10.2. The molecule has 100 valence electrons. The predicted molar refractivity (Wildman–Crippen MR) is 68.1 cm³/mol. The maximum atomic E-state index is 11.4. The standard InChI is InChI=1S/C13H19NO4/c1-4-17-13(16)10-5-6-12(11(15)9-10)18-8-7-14(2)3/h5-6,9,15H,4,7-8H2,1-3H3. The Hall–Kier alpha value is -1.75. The Morgan fingerprint density at radius 2 is 2.11 bits per heavy atom. The average Bonchev–Trinajstić information content (AvgIpc) is 2.31. The minimum atomic E-state index is -0.451. The van der Waals surface area contributed by atoms with Crippen molar-refractivity contribution in [1.82, 2.24) is 4.90 Å². The van der Waals surface area contributed by atoms with Gasteiger partial charge in [-0.05, 0) is 39.2 Å². The number of phenolic OH excluding ortho intramolecular Hbond substituents is 1. The number of phenols is 1. The molecule has 1 N–H and O–H groups in total. The normalized spacial score (nSPS) is 10.4. The highest BCUT2D eigenvalue weighted by molar-refractivity contribution is 5.90. The molecule has 0 saturated heterocycles. The topological polar surface area (TPSA) is 59.0 Å². The molecular formula is C13H19NO4. The van der Waals surface area contributed by atoms with Crippen molar-refractivity contribution >= 4 is 5.97 Å². The minimum absolute atomic E-state index is 0.0562. The molecule has 5 heteroatoms. The van der Waals surface area contributed by atoms with Gasteiger partial charge in [-0.25, -0.2) is 4.79 Å². The van der Waals surface area contributed by atoms with Crippen molar-refractivity contribution in [1.29, 1.82) is 0 Å². The molecular weight excluding hydrogens is 234 g/mol. The Balaban J connectivity index is 2.65. The van der Waals surface area contributed by atoms with E-state index in [4.69, 9.17) is 9.47 Å². The molecule has 1 rings (SSSR count). The van der Waals surface area contributed by atoms with Crippen LogP contribution < -0.4 is 4.74 Å². The molecule has 0 spiro atoms. The van der Waals surface area contributed by atoms with Crippen LogP contribution in [0.4, 0.5) is 0 Å². The minimum Gasteiger partial charge on any atom is -0.504 e. The second-order valence-corrected chi connectivity index (χ2v) is 4.05. The van der Waals surface area contributed by atoms with E-state index in [0.29, 0.717) is 24.5 Å². The number of ether oxygens (including phenoxy) is 2. The van der Waals surface area contributed by atoms with Crippen molar-refractivity contribution in [2.45, 2.75) is 6.92 Å². The molecule has 0 saturated carbocycles. The molecule has 0 unspecified atom stereocenters. The number of aromatic hydroxyl groups is 1. The Kier molecular flexibility index (Phi) is 5.45. The molecule has 0 aromatic heterocycles. The Morgan fingerprint density at radius 3 is 2.67 bits per heavy atom. The molecule has 0 heterocycles. The number of hydrogen-bond donors (Lipinski definition) is 1. The number of rotatable bonds is 6. The second kappa shape index (κ2) is 6.86. The van der Waals surface area contributed by atoms with Gasteiger partial charge in [-0.1, -0.05) is 0 Å². The average molecular weight is 253 g/mol. The van der Waals surface area contributed by atoms with E-state index in [2.05, 4.69) is 0 Å². The van der Waals surface area contributed by atoms with E-state index < -0.39 is 5.97 Å². The first-order chi connectivity index (χ1) is 8.54. The van der Waals surface area contributed by atoms with E-state index in [1.54, 1.807) is 19.1 Å². The molecule has 0 aliphatic carbocycles. The highest BCUT2D eigenvalue weighted by Crippen LogP contribution is 2.27. The SMILES string of the molecule is CCOC(=O)c1ccc(OCCN(C)C)c(O)c1. The zero-order valence-corrected chi connectivity index (χ0v) is 11.0. The molecule has 0 aliphatic rings. The summed E-state index contributed by atoms with van der Waals surface area (Å²) in [6, 6.07) is 4.49. The molecule has 1 aromatic rings. The summed E-state index contributed by atoms with van der Waals surface area (Å²) in [7, 11) is 3.88. The fourth-order valence-corrected chi connectivity index (χ4v) is 1.32. The Labute approximate surface area is 107 Å². The number of esters is 1. The zero-order valence-electron chi connectivity index (χ0n) is 11.0. The van der Waals surface area contributed by atoms with Crippen molar-refractivity contribution in [3.05, 3.63) is 23.8 Å². The van der Waals surface area contributed by atoms with Crippen LogP contribution in [0.2, 0.25) is 0 Å². The van der Waals surface area contributed by atoms with Crippen molar-refractivity contribution in [2.24, 2.45) is 0 Å². The van der Waals surface area contributed by atoms with Gasteiger partial charge >= 0.3 is 5.97 Å². The van der Waals surface area contributed by atoms with Crippen LogP contribution in [0, 0.1) is 0 Å². The van der Waals surface area contributed by atoms with E-state index in [1.807, 2.05) is 19.0 Å². The third-order valence-corrected chi connectivity index (χ3v) is 2.27. The lowest BCUT2D eigenvalue weighted by Crippen LogP contribution is -2.19. The van der Waals surface area contributed by atoms with Crippen LogP contribution in [-0.4, -0.2) is 49.8 Å². The van der Waals surface area contributed by atoms with E-state index in [9.17, 15) is 9.90 Å². The molecule has 0 amide bonds. The predicted octanol–water partition coefficient (Wildman–Crippen LogP) is 1.51. The van der Waals surface area contributed by atoms with Gasteiger partial charge in [0.1, 0.15) is 6.61 Å². The van der Waals surface area contributed by atoms with E-state index in [0.717, 1.165) is 6.54 Å². The third kappa shape index (κ3) is 4.25. The van der Waals surface area contributed by atoms with Crippen LogP contribution in [0.1, 0.15) is 17.3 Å². The first kappa shape index (κ1) is 14.3. The maximum absolute atomic E-state index is 11.4. The van der Waals surface area contributed by atoms with Gasteiger partial charge in [-0.3, -0.25) is 0 Å². The molecule has 0 aliphatic heterocycles. The number of hydrogen-bond acceptors (Lipinski definition) is 5. The van der Waals surface area contributed by atoms with E-state index in [1.165, 1.54) is 6.07 Å². The summed E-state index contributed by atoms with van der Waals surface area (Å²) in [5.41, 5.74) is 0.314. The number of carbonyl (C=O) groups is 1. The van der Waals surface area contributed by atoms with E-state index in [-0.39, 0.29) is 5.75 Å². The number of benzene rings is 1. The fourth-order valence-electron chi connectivity index (χ4n) is 1.32. The van der Waals surface area contributed by atoms with Gasteiger partial charge in [0, 0.05) is 6.54 Å². The second-order valence-electron chi connectivity index (χ2n) is 4.05. The molecule has 5 nitrogen and oxygen atoms in total. The maximum Gasteiger partial charge on any atom is 0.338 e.